The summed E-state index contributed by atoms with van der Waals surface area (Å²) in [6.45, 7) is 1.73. The molecule has 1 heterocycles. The van der Waals surface area contributed by atoms with Gasteiger partial charge in [0.1, 0.15) is 11.7 Å². The monoisotopic (exact) mass is 387 g/mol. The molecular weight excluding hydrogens is 369 g/mol. The number of hydrogen-bond donors (Lipinski definition) is 4. The predicted octanol–water partition coefficient (Wildman–Crippen LogP) is 0.355. The zero-order valence-electron chi connectivity index (χ0n) is 13.8. The number of amidine groups is 1. The third-order valence-electron chi connectivity index (χ3n) is 2.92. The first-order valence-electron chi connectivity index (χ1n) is 7.25. The molecule has 0 saturated carbocycles. The van der Waals surface area contributed by atoms with Crippen molar-refractivity contribution in [1.29, 1.82) is 0 Å². The summed E-state index contributed by atoms with van der Waals surface area (Å²) in [6.07, 6.45) is 2.17. The number of nitrogens with one attached hydrogen (secondary N) is 2. The second kappa shape index (κ2) is 9.51. The van der Waals surface area contributed by atoms with Crippen molar-refractivity contribution >= 4 is 33.3 Å². The summed E-state index contributed by atoms with van der Waals surface area (Å²) in [5.41, 5.74) is -0.00333. The summed E-state index contributed by atoms with van der Waals surface area (Å²) in [5, 5.41) is 21.4. The van der Waals surface area contributed by atoms with Crippen LogP contribution in [-0.4, -0.2) is 62.3 Å². The summed E-state index contributed by atoms with van der Waals surface area (Å²) in [4.78, 5) is 23.2. The van der Waals surface area contributed by atoms with Gasteiger partial charge in [-0.25, -0.2) is 22.4 Å². The lowest BCUT2D eigenvalue weighted by Gasteiger charge is -2.12. The Hall–Kier alpha value is -2.95. The highest BCUT2D eigenvalue weighted by atomic mass is 32.2. The van der Waals surface area contributed by atoms with Gasteiger partial charge in [-0.3, -0.25) is 4.99 Å². The SMILES string of the molecule is CS(=O)(=O)c1cccc(F)c1NCC1=NCCN1.O=C(O)C=CC(=O)O. The number of anilines is 1. The van der Waals surface area contributed by atoms with Gasteiger partial charge in [-0.1, -0.05) is 6.07 Å². The van der Waals surface area contributed by atoms with E-state index in [9.17, 15) is 22.4 Å². The van der Waals surface area contributed by atoms with Gasteiger partial charge in [-0.05, 0) is 12.1 Å². The number of carboxylic acids is 2. The number of carbonyl (C=O) groups is 2. The van der Waals surface area contributed by atoms with E-state index in [-0.39, 0.29) is 17.1 Å². The Bertz CT molecular complexity index is 820. The first-order valence-corrected chi connectivity index (χ1v) is 9.14. The number of nitrogens with zero attached hydrogens (tertiary/aromatic N) is 1. The number of sulfone groups is 1. The fraction of sp³-hybridized carbons (Fsp3) is 0.267. The zero-order valence-corrected chi connectivity index (χ0v) is 14.6. The lowest BCUT2D eigenvalue weighted by molar-refractivity contribution is -0.134. The maximum absolute atomic E-state index is 13.7. The average molecular weight is 387 g/mol. The lowest BCUT2D eigenvalue weighted by Crippen LogP contribution is -2.26. The number of halogens is 1. The van der Waals surface area contributed by atoms with Gasteiger partial charge >= 0.3 is 11.9 Å². The summed E-state index contributed by atoms with van der Waals surface area (Å²) in [6, 6.07) is 3.98. The molecule has 0 aliphatic carbocycles. The Morgan fingerprint density at radius 3 is 2.38 bits per heavy atom. The third kappa shape index (κ3) is 7.30. The van der Waals surface area contributed by atoms with Crippen LogP contribution in [0.4, 0.5) is 10.1 Å². The van der Waals surface area contributed by atoms with Gasteiger partial charge in [0.05, 0.1) is 23.7 Å². The van der Waals surface area contributed by atoms with Crippen molar-refractivity contribution in [3.63, 3.8) is 0 Å². The smallest absolute Gasteiger partial charge is 0.328 e. The number of rotatable bonds is 6. The normalized spacial score (nSPS) is 13.4. The predicted molar refractivity (Wildman–Crippen MR) is 92.7 cm³/mol. The van der Waals surface area contributed by atoms with Crippen LogP contribution in [0.5, 0.6) is 0 Å². The van der Waals surface area contributed by atoms with Gasteiger partial charge in [-0.2, -0.15) is 0 Å². The molecule has 142 valence electrons. The second-order valence-electron chi connectivity index (χ2n) is 5.00. The van der Waals surface area contributed by atoms with Crippen molar-refractivity contribution in [2.75, 3.05) is 31.2 Å². The van der Waals surface area contributed by atoms with Crippen LogP contribution in [-0.2, 0) is 19.4 Å². The van der Waals surface area contributed by atoms with Crippen LogP contribution in [0.3, 0.4) is 0 Å². The Morgan fingerprint density at radius 1 is 1.31 bits per heavy atom. The molecular formula is C15H18FN3O6S. The second-order valence-corrected chi connectivity index (χ2v) is 6.99. The number of benzene rings is 1. The highest BCUT2D eigenvalue weighted by Crippen LogP contribution is 2.24. The topological polar surface area (TPSA) is 145 Å². The first kappa shape index (κ1) is 21.1. The number of para-hydroxylation sites is 1. The zero-order chi connectivity index (χ0) is 19.7. The van der Waals surface area contributed by atoms with E-state index >= 15 is 0 Å². The molecule has 0 radical (unpaired) electrons. The van der Waals surface area contributed by atoms with Crippen LogP contribution in [0.25, 0.3) is 0 Å². The molecule has 1 aliphatic rings. The van der Waals surface area contributed by atoms with Crippen LogP contribution < -0.4 is 10.6 Å². The van der Waals surface area contributed by atoms with E-state index in [1.165, 1.54) is 18.2 Å². The number of hydrogen-bond acceptors (Lipinski definition) is 7. The van der Waals surface area contributed by atoms with Crippen LogP contribution in [0.1, 0.15) is 0 Å². The molecule has 11 heteroatoms. The van der Waals surface area contributed by atoms with Crippen molar-refractivity contribution in [3.05, 3.63) is 36.2 Å². The van der Waals surface area contributed by atoms with E-state index < -0.39 is 27.6 Å². The Kier molecular flexibility index (Phi) is 7.72. The molecule has 0 unspecified atom stereocenters. The van der Waals surface area contributed by atoms with E-state index in [1.54, 1.807) is 0 Å². The van der Waals surface area contributed by atoms with Crippen LogP contribution >= 0.6 is 0 Å². The van der Waals surface area contributed by atoms with Crippen molar-refractivity contribution < 1.29 is 32.6 Å². The van der Waals surface area contributed by atoms with Gasteiger partial charge in [0, 0.05) is 25.0 Å². The van der Waals surface area contributed by atoms with Crippen molar-refractivity contribution in [3.8, 4) is 0 Å². The maximum atomic E-state index is 13.7. The van der Waals surface area contributed by atoms with E-state index in [0.29, 0.717) is 24.5 Å². The first-order chi connectivity index (χ1) is 12.1. The summed E-state index contributed by atoms with van der Waals surface area (Å²) in [5.74, 6) is -2.39. The molecule has 0 saturated heterocycles. The summed E-state index contributed by atoms with van der Waals surface area (Å²) < 4.78 is 36.8. The molecule has 4 N–H and O–H groups in total. The van der Waals surface area contributed by atoms with E-state index in [4.69, 9.17) is 10.2 Å². The molecule has 1 aromatic carbocycles. The van der Waals surface area contributed by atoms with Crippen molar-refractivity contribution in [2.45, 2.75) is 4.90 Å². The quantitative estimate of drug-likeness (QED) is 0.512. The number of aliphatic imine (C=N–C) groups is 1. The minimum atomic E-state index is -3.46. The maximum Gasteiger partial charge on any atom is 0.328 e. The van der Waals surface area contributed by atoms with Gasteiger partial charge in [0.25, 0.3) is 0 Å². The van der Waals surface area contributed by atoms with E-state index in [0.717, 1.165) is 12.8 Å². The van der Waals surface area contributed by atoms with Crippen LogP contribution in [0.15, 0.2) is 40.2 Å². The van der Waals surface area contributed by atoms with Crippen molar-refractivity contribution in [2.24, 2.45) is 4.99 Å². The van der Waals surface area contributed by atoms with Gasteiger partial charge in [0.15, 0.2) is 9.84 Å². The molecule has 1 aliphatic heterocycles. The Balaban J connectivity index is 0.000000359. The molecule has 0 spiro atoms. The highest BCUT2D eigenvalue weighted by molar-refractivity contribution is 7.90. The van der Waals surface area contributed by atoms with E-state index in [1.807, 2.05) is 0 Å². The molecule has 9 nitrogen and oxygen atoms in total. The third-order valence-corrected chi connectivity index (χ3v) is 4.06. The molecule has 0 aromatic heterocycles. The lowest BCUT2D eigenvalue weighted by atomic mass is 10.3. The minimum Gasteiger partial charge on any atom is -0.478 e. The highest BCUT2D eigenvalue weighted by Gasteiger charge is 2.17. The van der Waals surface area contributed by atoms with Gasteiger partial charge < -0.3 is 20.8 Å². The molecule has 26 heavy (non-hydrogen) atoms. The molecule has 0 atom stereocenters. The van der Waals surface area contributed by atoms with Gasteiger partial charge in [0.2, 0.25) is 0 Å². The largest absolute Gasteiger partial charge is 0.478 e. The Labute approximate surface area is 149 Å². The molecule has 0 amide bonds. The van der Waals surface area contributed by atoms with Gasteiger partial charge in [-0.15, -0.1) is 0 Å². The summed E-state index contributed by atoms with van der Waals surface area (Å²) >= 11 is 0. The standard InChI is InChI=1S/C11H14FN3O2S.C4H4O4/c1-18(16,17)9-4-2-3-8(12)11(9)15-7-10-13-5-6-14-10;5-3(6)1-2-4(7)8/h2-4,15H,5-7H2,1H3,(H,13,14);1-2H,(H,5,6)(H,7,8). The fourth-order valence-electron chi connectivity index (χ4n) is 1.86. The van der Waals surface area contributed by atoms with Crippen molar-refractivity contribution in [1.82, 2.24) is 5.32 Å². The number of carboxylic acid groups (broad SMARTS) is 2. The molecule has 0 fully saturated rings. The molecule has 0 bridgehead atoms. The van der Waals surface area contributed by atoms with Crippen LogP contribution in [0, 0.1) is 5.82 Å². The fourth-order valence-corrected chi connectivity index (χ4v) is 2.73. The molecule has 1 aromatic rings. The Morgan fingerprint density at radius 2 is 1.92 bits per heavy atom. The average Bonchev–Trinajstić information content (AvgIpc) is 3.04. The summed E-state index contributed by atoms with van der Waals surface area (Å²) in [7, 11) is -3.46. The minimum absolute atomic E-state index is 0.00333. The van der Waals surface area contributed by atoms with Crippen LogP contribution in [0.2, 0.25) is 0 Å². The molecule has 2 rings (SSSR count). The number of aliphatic carboxylic acids is 2. The van der Waals surface area contributed by atoms with E-state index in [2.05, 4.69) is 15.6 Å².